The van der Waals surface area contributed by atoms with Crippen molar-refractivity contribution in [2.75, 3.05) is 35.4 Å². The van der Waals surface area contributed by atoms with E-state index < -0.39 is 0 Å². The summed E-state index contributed by atoms with van der Waals surface area (Å²) in [5.74, 6) is 1.83. The van der Waals surface area contributed by atoms with Gasteiger partial charge in [-0.3, -0.25) is 9.59 Å². The van der Waals surface area contributed by atoms with Crippen LogP contribution in [0.25, 0.3) is 22.1 Å². The Kier molecular flexibility index (Phi) is 10.8. The minimum atomic E-state index is -0.100. The number of thioether (sulfide) groups is 2. The van der Waals surface area contributed by atoms with Gasteiger partial charge in [-0.2, -0.15) is 0 Å². The number of ether oxygens (including phenoxy) is 2. The molecule has 12 heteroatoms. The highest BCUT2D eigenvalue weighted by Gasteiger charge is 2.12. The van der Waals surface area contributed by atoms with Gasteiger partial charge in [0.25, 0.3) is 0 Å². The third-order valence-electron chi connectivity index (χ3n) is 7.70. The van der Waals surface area contributed by atoms with E-state index in [-0.39, 0.29) is 23.3 Å². The summed E-state index contributed by atoms with van der Waals surface area (Å²) >= 11 is 2.72. The van der Waals surface area contributed by atoms with Gasteiger partial charge in [0.2, 0.25) is 11.8 Å². The van der Waals surface area contributed by atoms with E-state index in [0.717, 1.165) is 73.6 Å². The molecule has 4 aromatic carbocycles. The molecule has 49 heavy (non-hydrogen) atoms. The van der Waals surface area contributed by atoms with Gasteiger partial charge in [-0.25, -0.2) is 9.97 Å². The van der Waals surface area contributed by atoms with Crippen molar-refractivity contribution in [3.05, 3.63) is 95.1 Å². The van der Waals surface area contributed by atoms with Gasteiger partial charge in [-0.1, -0.05) is 47.8 Å². The molecule has 0 aliphatic carbocycles. The molecular formula is C37H38N6O4S2. The van der Waals surface area contributed by atoms with Crippen molar-refractivity contribution in [1.29, 1.82) is 0 Å². The van der Waals surface area contributed by atoms with Gasteiger partial charge >= 0.3 is 0 Å². The summed E-state index contributed by atoms with van der Waals surface area (Å²) in [6.45, 7) is 9.07. The fourth-order valence-corrected chi connectivity index (χ4v) is 6.78. The van der Waals surface area contributed by atoms with E-state index in [2.05, 4.69) is 42.7 Å². The Morgan fingerprint density at radius 2 is 1.10 bits per heavy atom. The van der Waals surface area contributed by atoms with E-state index in [1.165, 1.54) is 23.5 Å². The number of H-pyrrole nitrogens is 2. The number of aryl methyl sites for hydroxylation is 2. The average Bonchev–Trinajstić information content (AvgIpc) is 3.69. The maximum absolute atomic E-state index is 12.8. The lowest BCUT2D eigenvalue weighted by atomic mass is 10.00. The van der Waals surface area contributed by atoms with E-state index >= 15 is 0 Å². The monoisotopic (exact) mass is 694 g/mol. The van der Waals surface area contributed by atoms with Crippen LogP contribution >= 0.6 is 23.5 Å². The van der Waals surface area contributed by atoms with Crippen molar-refractivity contribution in [3.63, 3.8) is 0 Å². The molecule has 0 aliphatic rings. The summed E-state index contributed by atoms with van der Waals surface area (Å²) in [6.07, 6.45) is 0.726. The Morgan fingerprint density at radius 1 is 0.653 bits per heavy atom. The number of carbonyl (C=O) groups is 2. The van der Waals surface area contributed by atoms with Gasteiger partial charge in [0.05, 0.1) is 46.8 Å². The zero-order valence-corrected chi connectivity index (χ0v) is 29.4. The molecule has 0 bridgehead atoms. The summed E-state index contributed by atoms with van der Waals surface area (Å²) in [7, 11) is 0. The SMILES string of the molecule is CCOc1ccc2nc(SCC(=O)Nc3ccc(Cc4ccc(NC(=O)CSc5nc6ccc(OCC)cc6[nH]5)c(C)c4)cc3C)[nH]c2c1. The molecule has 2 aromatic heterocycles. The number of hydrogen-bond donors (Lipinski definition) is 4. The fourth-order valence-electron chi connectivity index (χ4n) is 5.41. The first kappa shape index (κ1) is 33.9. The normalized spacial score (nSPS) is 11.2. The van der Waals surface area contributed by atoms with E-state index in [9.17, 15) is 9.59 Å². The number of amides is 2. The number of aromatic nitrogens is 4. The van der Waals surface area contributed by atoms with Crippen LogP contribution in [0.2, 0.25) is 0 Å². The molecule has 252 valence electrons. The molecule has 0 fully saturated rings. The molecule has 6 rings (SSSR count). The second-order valence-electron chi connectivity index (χ2n) is 11.5. The molecule has 6 aromatic rings. The Labute approximate surface area is 293 Å². The van der Waals surface area contributed by atoms with Crippen LogP contribution in [0.5, 0.6) is 11.5 Å². The highest BCUT2D eigenvalue weighted by molar-refractivity contribution is 8.00. The van der Waals surface area contributed by atoms with E-state index in [1.54, 1.807) is 0 Å². The molecule has 0 saturated carbocycles. The molecular weight excluding hydrogens is 657 g/mol. The predicted molar refractivity (Wildman–Crippen MR) is 198 cm³/mol. The number of aromatic amines is 2. The molecule has 0 atom stereocenters. The van der Waals surface area contributed by atoms with Crippen molar-refractivity contribution in [2.24, 2.45) is 0 Å². The zero-order valence-electron chi connectivity index (χ0n) is 27.8. The van der Waals surface area contributed by atoms with Crippen LogP contribution in [0.4, 0.5) is 11.4 Å². The first-order valence-electron chi connectivity index (χ1n) is 16.1. The maximum atomic E-state index is 12.8. The standard InChI is InChI=1S/C37H38N6O4S2/c1-5-46-26-9-13-30-32(18-26)42-36(40-30)48-20-34(44)38-28-11-7-24(15-22(28)3)17-25-8-12-29(23(4)16-25)39-35(45)21-49-37-41-31-14-10-27(47-6-2)19-33(31)43-37/h7-16,18-19H,5-6,17,20-21H2,1-4H3,(H,38,44)(H,39,45)(H,40,42)(H,41,43). The average molecular weight is 695 g/mol. The molecule has 0 unspecified atom stereocenters. The Balaban J connectivity index is 0.983. The third kappa shape index (κ3) is 8.76. The number of anilines is 2. The number of benzene rings is 4. The molecule has 0 radical (unpaired) electrons. The number of imidazole rings is 2. The molecule has 2 heterocycles. The second kappa shape index (κ2) is 15.5. The molecule has 10 nitrogen and oxygen atoms in total. The van der Waals surface area contributed by atoms with E-state index in [1.807, 2.05) is 88.4 Å². The smallest absolute Gasteiger partial charge is 0.234 e. The Hall–Kier alpha value is -4.94. The van der Waals surface area contributed by atoms with Crippen LogP contribution in [-0.4, -0.2) is 56.5 Å². The van der Waals surface area contributed by atoms with Gasteiger partial charge in [0, 0.05) is 23.5 Å². The number of nitrogens with zero attached hydrogens (tertiary/aromatic N) is 2. The second-order valence-corrected chi connectivity index (χ2v) is 13.4. The number of nitrogens with one attached hydrogen (secondary N) is 4. The molecule has 2 amide bonds. The van der Waals surface area contributed by atoms with Crippen molar-refractivity contribution >= 4 is 68.8 Å². The van der Waals surface area contributed by atoms with Crippen molar-refractivity contribution in [3.8, 4) is 11.5 Å². The number of carbonyl (C=O) groups excluding carboxylic acids is 2. The van der Waals surface area contributed by atoms with E-state index in [4.69, 9.17) is 9.47 Å². The minimum Gasteiger partial charge on any atom is -0.494 e. The summed E-state index contributed by atoms with van der Waals surface area (Å²) in [6, 6.07) is 23.6. The van der Waals surface area contributed by atoms with E-state index in [0.29, 0.717) is 23.5 Å². The van der Waals surface area contributed by atoms with Gasteiger partial charge in [-0.05, 0) is 92.8 Å². The molecule has 0 aliphatic heterocycles. The topological polar surface area (TPSA) is 134 Å². The van der Waals surface area contributed by atoms with Crippen molar-refractivity contribution in [1.82, 2.24) is 19.9 Å². The van der Waals surface area contributed by atoms with Gasteiger partial charge < -0.3 is 30.1 Å². The molecule has 0 saturated heterocycles. The lowest BCUT2D eigenvalue weighted by Crippen LogP contribution is -2.15. The quantitative estimate of drug-likeness (QED) is 0.0846. The number of fused-ring (bicyclic) bond motifs is 2. The number of rotatable bonds is 14. The largest absolute Gasteiger partial charge is 0.494 e. The van der Waals surface area contributed by atoms with Crippen molar-refractivity contribution < 1.29 is 19.1 Å². The fraction of sp³-hybridized carbons (Fsp3) is 0.243. The summed E-state index contributed by atoms with van der Waals surface area (Å²) in [5, 5.41) is 7.42. The Bertz CT molecular complexity index is 1980. The third-order valence-corrected chi connectivity index (χ3v) is 9.45. The van der Waals surface area contributed by atoms with Crippen LogP contribution < -0.4 is 20.1 Å². The van der Waals surface area contributed by atoms with Gasteiger partial charge in [0.15, 0.2) is 10.3 Å². The van der Waals surface area contributed by atoms with Crippen LogP contribution in [0.15, 0.2) is 83.1 Å². The zero-order chi connectivity index (χ0) is 34.3. The summed E-state index contributed by atoms with van der Waals surface area (Å²) in [4.78, 5) is 41.2. The first-order valence-corrected chi connectivity index (χ1v) is 18.0. The molecule has 4 N–H and O–H groups in total. The predicted octanol–water partition coefficient (Wildman–Crippen LogP) is 7.91. The van der Waals surface area contributed by atoms with Crippen LogP contribution in [0, 0.1) is 13.8 Å². The highest BCUT2D eigenvalue weighted by atomic mass is 32.2. The summed E-state index contributed by atoms with van der Waals surface area (Å²) in [5.41, 5.74) is 9.22. The minimum absolute atomic E-state index is 0.100. The first-order chi connectivity index (χ1) is 23.8. The van der Waals surface area contributed by atoms with Gasteiger partial charge in [0.1, 0.15) is 11.5 Å². The number of hydrogen-bond acceptors (Lipinski definition) is 8. The van der Waals surface area contributed by atoms with Gasteiger partial charge in [-0.15, -0.1) is 0 Å². The molecule has 0 spiro atoms. The maximum Gasteiger partial charge on any atom is 0.234 e. The van der Waals surface area contributed by atoms with Crippen molar-refractivity contribution in [2.45, 2.75) is 44.4 Å². The van der Waals surface area contributed by atoms with Crippen LogP contribution in [0.3, 0.4) is 0 Å². The lowest BCUT2D eigenvalue weighted by molar-refractivity contribution is -0.114. The summed E-state index contributed by atoms with van der Waals surface area (Å²) < 4.78 is 11.1. The lowest BCUT2D eigenvalue weighted by Gasteiger charge is -2.12. The Morgan fingerprint density at radius 3 is 1.51 bits per heavy atom. The highest BCUT2D eigenvalue weighted by Crippen LogP contribution is 2.26. The van der Waals surface area contributed by atoms with Crippen LogP contribution in [-0.2, 0) is 16.0 Å². The van der Waals surface area contributed by atoms with Crippen LogP contribution in [0.1, 0.15) is 36.1 Å².